The normalized spacial score (nSPS) is 11.4. The largest absolute Gasteiger partial charge is 0.208 e. The molecule has 0 saturated carbocycles. The van der Waals surface area contributed by atoms with Crippen molar-refractivity contribution >= 4 is 31.5 Å². The minimum Gasteiger partial charge on any atom is -0.208 e. The van der Waals surface area contributed by atoms with Crippen LogP contribution in [0.5, 0.6) is 0 Å². The molecule has 6 nitrogen and oxygen atoms in total. The van der Waals surface area contributed by atoms with Crippen LogP contribution >= 0.6 is 11.3 Å². The van der Waals surface area contributed by atoms with E-state index in [1.54, 1.807) is 0 Å². The molecule has 0 amide bonds. The Morgan fingerprint density at radius 3 is 0.800 bits per heavy atom. The number of aryl methyl sites for hydroxylation is 4. The molecular weight excluding hydrogens is 813 g/mol. The van der Waals surface area contributed by atoms with Crippen LogP contribution in [0.3, 0.4) is 0 Å². The summed E-state index contributed by atoms with van der Waals surface area (Å²) >= 11 is 1.82. The third kappa shape index (κ3) is 8.10. The minimum atomic E-state index is 0.636. The van der Waals surface area contributed by atoms with Crippen LogP contribution in [-0.4, -0.2) is 29.9 Å². The Morgan fingerprint density at radius 2 is 0.492 bits per heavy atom. The lowest BCUT2D eigenvalue weighted by molar-refractivity contribution is 1.07. The molecule has 11 rings (SSSR count). The van der Waals surface area contributed by atoms with Gasteiger partial charge in [0.15, 0.2) is 34.9 Å². The van der Waals surface area contributed by atoms with Gasteiger partial charge in [0.05, 0.1) is 0 Å². The zero-order valence-corrected chi connectivity index (χ0v) is 37.2. The predicted molar refractivity (Wildman–Crippen MR) is 269 cm³/mol. The fraction of sp³-hybridized carbons (Fsp3) is 0.0690. The van der Waals surface area contributed by atoms with E-state index < -0.39 is 0 Å². The summed E-state index contributed by atoms with van der Waals surface area (Å²) in [6.45, 7) is 8.35. The Morgan fingerprint density at radius 1 is 0.246 bits per heavy atom. The van der Waals surface area contributed by atoms with Crippen LogP contribution in [0.25, 0.3) is 111 Å². The van der Waals surface area contributed by atoms with E-state index in [2.05, 4.69) is 210 Å². The highest BCUT2D eigenvalue weighted by Crippen LogP contribution is 2.40. The zero-order valence-electron chi connectivity index (χ0n) is 36.4. The van der Waals surface area contributed by atoms with Gasteiger partial charge < -0.3 is 0 Å². The molecule has 0 aliphatic heterocycles. The molecule has 0 radical (unpaired) electrons. The molecule has 0 spiro atoms. The van der Waals surface area contributed by atoms with E-state index in [0.717, 1.165) is 55.6 Å². The smallest absolute Gasteiger partial charge is 0.164 e. The molecule has 0 aliphatic rings. The van der Waals surface area contributed by atoms with E-state index in [9.17, 15) is 0 Å². The van der Waals surface area contributed by atoms with E-state index in [1.807, 2.05) is 11.3 Å². The molecule has 0 fully saturated rings. The number of rotatable bonds is 8. The first-order chi connectivity index (χ1) is 31.8. The van der Waals surface area contributed by atoms with Crippen LogP contribution in [0.1, 0.15) is 22.3 Å². The second-order valence-electron chi connectivity index (χ2n) is 16.8. The Kier molecular flexibility index (Phi) is 10.2. The highest BCUT2D eigenvalue weighted by Gasteiger charge is 2.16. The fourth-order valence-electron chi connectivity index (χ4n) is 8.15. The highest BCUT2D eigenvalue weighted by molar-refractivity contribution is 7.25. The molecule has 7 heteroatoms. The minimum absolute atomic E-state index is 0.636. The average molecular weight is 855 g/mol. The van der Waals surface area contributed by atoms with E-state index in [0.29, 0.717) is 34.9 Å². The van der Waals surface area contributed by atoms with Crippen LogP contribution in [0, 0.1) is 27.7 Å². The summed E-state index contributed by atoms with van der Waals surface area (Å²) in [7, 11) is 0. The lowest BCUT2D eigenvalue weighted by Gasteiger charge is -2.10. The maximum Gasteiger partial charge on any atom is 0.164 e. The van der Waals surface area contributed by atoms with Gasteiger partial charge in [-0.3, -0.25) is 0 Å². The monoisotopic (exact) mass is 854 g/mol. The molecule has 3 aromatic heterocycles. The molecule has 0 atom stereocenters. The summed E-state index contributed by atoms with van der Waals surface area (Å²) in [5.41, 5.74) is 14.9. The van der Waals surface area contributed by atoms with Gasteiger partial charge in [-0.25, -0.2) is 29.9 Å². The molecule has 0 aliphatic carbocycles. The van der Waals surface area contributed by atoms with Crippen LogP contribution in [0.4, 0.5) is 0 Å². The van der Waals surface area contributed by atoms with Crippen molar-refractivity contribution in [2.24, 2.45) is 0 Å². The molecule has 0 bridgehead atoms. The molecule has 0 unspecified atom stereocenters. The second kappa shape index (κ2) is 16.6. The maximum absolute atomic E-state index is 5.04. The number of thiophene rings is 1. The number of benzene rings is 8. The van der Waals surface area contributed by atoms with Crippen molar-refractivity contribution in [3.8, 4) is 90.6 Å². The number of fused-ring (bicyclic) bond motifs is 3. The van der Waals surface area contributed by atoms with Crippen molar-refractivity contribution in [2.45, 2.75) is 27.7 Å². The summed E-state index contributed by atoms with van der Waals surface area (Å²) < 4.78 is 2.48. The van der Waals surface area contributed by atoms with Crippen LogP contribution < -0.4 is 0 Å². The summed E-state index contributed by atoms with van der Waals surface area (Å²) in [5.74, 6) is 3.87. The van der Waals surface area contributed by atoms with Gasteiger partial charge in [-0.05, 0) is 86.3 Å². The number of nitrogens with zero attached hydrogens (tertiary/aromatic N) is 6. The second-order valence-corrected chi connectivity index (χ2v) is 17.8. The van der Waals surface area contributed by atoms with Gasteiger partial charge in [-0.2, -0.15) is 0 Å². The maximum atomic E-state index is 5.04. The SMILES string of the molecule is Cc1ccc(-c2nc(-c3ccc(C)cc3)nc(-c3cccc(-c4ccc5sc6ccc(-c7cccc(-c8nc(-c9ccc(C)cc9)nc(-c9ccc(C)cc9)n8)c7)cc6c5c4)c3)n2)cc1. The summed E-state index contributed by atoms with van der Waals surface area (Å²) in [6, 6.07) is 64.0. The van der Waals surface area contributed by atoms with E-state index >= 15 is 0 Å². The molecule has 11 aromatic rings. The standard InChI is InChI=1S/C58H42N6S/c1-35-11-19-39(20-12-35)53-59-54(40-21-13-36(2)14-22-40)62-57(61-53)47-9-5-7-43(31-47)45-27-29-51-49(33-45)50-34-46(28-30-52(50)65-51)44-8-6-10-48(32-44)58-63-55(41-23-15-37(3)16-24-41)60-56(64-58)42-25-17-38(4)18-26-42/h5-34H,1-4H3. The molecule has 310 valence electrons. The Balaban J connectivity index is 0.958. The lowest BCUT2D eigenvalue weighted by atomic mass is 9.98. The fourth-order valence-corrected chi connectivity index (χ4v) is 9.22. The van der Waals surface area contributed by atoms with Gasteiger partial charge in [-0.1, -0.05) is 168 Å². The van der Waals surface area contributed by atoms with E-state index in [4.69, 9.17) is 29.9 Å². The quantitative estimate of drug-likeness (QED) is 0.151. The van der Waals surface area contributed by atoms with Gasteiger partial charge in [-0.15, -0.1) is 11.3 Å². The number of hydrogen-bond donors (Lipinski definition) is 0. The van der Waals surface area contributed by atoms with Crippen LogP contribution in [0.15, 0.2) is 182 Å². The Labute approximate surface area is 382 Å². The first kappa shape index (κ1) is 39.8. The van der Waals surface area contributed by atoms with Crippen molar-refractivity contribution < 1.29 is 0 Å². The molecule has 65 heavy (non-hydrogen) atoms. The highest BCUT2D eigenvalue weighted by atomic mass is 32.1. The van der Waals surface area contributed by atoms with E-state index in [-0.39, 0.29) is 0 Å². The average Bonchev–Trinajstić information content (AvgIpc) is 3.72. The van der Waals surface area contributed by atoms with Crippen molar-refractivity contribution in [3.63, 3.8) is 0 Å². The summed E-state index contributed by atoms with van der Waals surface area (Å²) in [6.07, 6.45) is 0. The summed E-state index contributed by atoms with van der Waals surface area (Å²) in [4.78, 5) is 30.1. The van der Waals surface area contributed by atoms with Crippen molar-refractivity contribution in [2.75, 3.05) is 0 Å². The number of aromatic nitrogens is 6. The van der Waals surface area contributed by atoms with E-state index in [1.165, 1.54) is 42.4 Å². The Hall–Kier alpha value is -8.00. The van der Waals surface area contributed by atoms with Gasteiger partial charge in [0.25, 0.3) is 0 Å². The molecule has 0 saturated heterocycles. The topological polar surface area (TPSA) is 77.3 Å². The van der Waals surface area contributed by atoms with Crippen molar-refractivity contribution in [1.82, 2.24) is 29.9 Å². The predicted octanol–water partition coefficient (Wildman–Crippen LogP) is 15.0. The molecular formula is C58H42N6S. The third-order valence-electron chi connectivity index (χ3n) is 11.9. The molecule has 0 N–H and O–H groups in total. The van der Waals surface area contributed by atoms with Crippen molar-refractivity contribution in [3.05, 3.63) is 204 Å². The first-order valence-electron chi connectivity index (χ1n) is 21.7. The summed E-state index contributed by atoms with van der Waals surface area (Å²) in [5, 5.41) is 2.44. The zero-order chi connectivity index (χ0) is 44.0. The van der Waals surface area contributed by atoms with Gasteiger partial charge >= 0.3 is 0 Å². The molecule has 8 aromatic carbocycles. The van der Waals surface area contributed by atoms with Gasteiger partial charge in [0, 0.05) is 53.6 Å². The third-order valence-corrected chi connectivity index (χ3v) is 13.0. The van der Waals surface area contributed by atoms with Gasteiger partial charge in [0.2, 0.25) is 0 Å². The lowest BCUT2D eigenvalue weighted by Crippen LogP contribution is -2.00. The van der Waals surface area contributed by atoms with Crippen LogP contribution in [0.2, 0.25) is 0 Å². The number of hydrogen-bond acceptors (Lipinski definition) is 7. The molecule has 3 heterocycles. The van der Waals surface area contributed by atoms with Crippen molar-refractivity contribution in [1.29, 1.82) is 0 Å². The van der Waals surface area contributed by atoms with Gasteiger partial charge in [0.1, 0.15) is 0 Å². The first-order valence-corrected chi connectivity index (χ1v) is 22.6. The Bertz CT molecular complexity index is 3190. The van der Waals surface area contributed by atoms with Crippen LogP contribution in [-0.2, 0) is 0 Å².